The van der Waals surface area contributed by atoms with Crippen LogP contribution in [0.25, 0.3) is 0 Å². The van der Waals surface area contributed by atoms with Crippen molar-refractivity contribution in [3.05, 3.63) is 52.5 Å². The summed E-state index contributed by atoms with van der Waals surface area (Å²) in [6, 6.07) is 9.82. The molecule has 1 aromatic heterocycles. The Kier molecular flexibility index (Phi) is 6.15. The first-order valence-electron chi connectivity index (χ1n) is 11.2. The molecule has 0 spiro atoms. The van der Waals surface area contributed by atoms with Crippen LogP contribution in [0.3, 0.4) is 0 Å². The summed E-state index contributed by atoms with van der Waals surface area (Å²) in [5.74, 6) is -1.75. The normalized spacial score (nSPS) is 32.8. The summed E-state index contributed by atoms with van der Waals surface area (Å²) < 4.78 is 37.3. The van der Waals surface area contributed by atoms with Gasteiger partial charge in [0, 0.05) is 18.0 Å². The van der Waals surface area contributed by atoms with E-state index in [-0.39, 0.29) is 12.2 Å². The van der Waals surface area contributed by atoms with Crippen molar-refractivity contribution >= 4 is 17.1 Å². The number of Topliss-reactive ketones (excluding diaryl/α,β-unsaturated/α-hetero) is 1. The van der Waals surface area contributed by atoms with Gasteiger partial charge in [-0.1, -0.05) is 30.3 Å². The molecule has 0 amide bonds. The predicted octanol–water partition coefficient (Wildman–Crippen LogP) is 3.70. The highest BCUT2D eigenvalue weighted by Gasteiger charge is 2.62. The fourth-order valence-electron chi connectivity index (χ4n) is 4.62. The van der Waals surface area contributed by atoms with Crippen molar-refractivity contribution in [3.8, 4) is 0 Å². The zero-order valence-corrected chi connectivity index (χ0v) is 19.9. The maximum absolute atomic E-state index is 13.0. The Labute approximate surface area is 197 Å². The first-order valence-corrected chi connectivity index (χ1v) is 12.0. The first kappa shape index (κ1) is 23.0. The zero-order valence-electron chi connectivity index (χ0n) is 19.1. The minimum atomic E-state index is -0.828. The molecule has 3 aliphatic heterocycles. The second-order valence-electron chi connectivity index (χ2n) is 9.43. The molecule has 3 saturated heterocycles. The van der Waals surface area contributed by atoms with E-state index in [1.165, 1.54) is 11.3 Å². The predicted molar refractivity (Wildman–Crippen MR) is 119 cm³/mol. The molecule has 6 atom stereocenters. The van der Waals surface area contributed by atoms with Crippen LogP contribution < -0.4 is 0 Å². The number of hydrogen-bond donors (Lipinski definition) is 0. The van der Waals surface area contributed by atoms with Gasteiger partial charge < -0.3 is 28.4 Å². The number of aromatic nitrogens is 1. The summed E-state index contributed by atoms with van der Waals surface area (Å²) in [5.41, 5.74) is 1.000. The Hall–Kier alpha value is -1.72. The molecule has 1 aromatic carbocycles. The molecule has 0 N–H and O–H groups in total. The van der Waals surface area contributed by atoms with Gasteiger partial charge in [0.15, 0.2) is 28.7 Å². The van der Waals surface area contributed by atoms with Gasteiger partial charge in [-0.3, -0.25) is 4.79 Å². The molecular formula is C24H29NO7S. The number of benzene rings is 1. The van der Waals surface area contributed by atoms with E-state index >= 15 is 0 Å². The number of rotatable bonds is 7. The molecule has 4 heterocycles. The maximum atomic E-state index is 13.0. The van der Waals surface area contributed by atoms with E-state index in [0.29, 0.717) is 11.6 Å². The van der Waals surface area contributed by atoms with Gasteiger partial charge in [0.2, 0.25) is 0 Å². The van der Waals surface area contributed by atoms with Crippen LogP contribution in [0, 0.1) is 0 Å². The summed E-state index contributed by atoms with van der Waals surface area (Å²) >= 11 is 1.31. The average molecular weight is 476 g/mol. The van der Waals surface area contributed by atoms with Gasteiger partial charge in [-0.25, -0.2) is 4.98 Å². The Bertz CT molecular complexity index is 964. The van der Waals surface area contributed by atoms with Gasteiger partial charge in [0.05, 0.1) is 12.7 Å². The monoisotopic (exact) mass is 475 g/mol. The van der Waals surface area contributed by atoms with Gasteiger partial charge in [0.25, 0.3) is 0 Å². The van der Waals surface area contributed by atoms with E-state index in [1.54, 1.807) is 11.6 Å². The largest absolute Gasteiger partial charge is 0.370 e. The minimum Gasteiger partial charge on any atom is -0.370 e. The van der Waals surface area contributed by atoms with E-state index in [9.17, 15) is 4.79 Å². The van der Waals surface area contributed by atoms with Crippen molar-refractivity contribution in [2.45, 2.75) is 89.1 Å². The van der Waals surface area contributed by atoms with Crippen LogP contribution in [0.4, 0.5) is 0 Å². The zero-order chi connectivity index (χ0) is 23.2. The van der Waals surface area contributed by atoms with Crippen molar-refractivity contribution in [3.63, 3.8) is 0 Å². The van der Waals surface area contributed by atoms with Crippen molar-refractivity contribution in [2.75, 3.05) is 0 Å². The topological polar surface area (TPSA) is 85.3 Å². The van der Waals surface area contributed by atoms with Gasteiger partial charge in [-0.05, 0) is 33.3 Å². The molecule has 0 aliphatic carbocycles. The third-order valence-corrected chi connectivity index (χ3v) is 6.74. The molecule has 0 bridgehead atoms. The number of carbonyl (C=O) groups is 1. The molecule has 9 heteroatoms. The van der Waals surface area contributed by atoms with Gasteiger partial charge >= 0.3 is 0 Å². The number of fused-ring (bicyclic) bond motifs is 3. The summed E-state index contributed by atoms with van der Waals surface area (Å²) in [6.07, 6.45) is -1.46. The highest BCUT2D eigenvalue weighted by atomic mass is 32.1. The van der Waals surface area contributed by atoms with Crippen molar-refractivity contribution in [1.82, 2.24) is 4.98 Å². The molecular weight excluding hydrogens is 446 g/mol. The molecule has 3 aliphatic rings. The standard InChI is InChI=1S/C24H29NO7S/c1-23(2)29-18-17(28-22-20(19(18)30-23)31-24(3,4)32-22)16(12-15(26)21-25-10-11-33-21)27-13-14-8-6-5-7-9-14/h5-11,16-20,22H,12-13H2,1-4H3/t16-,17+,18-,19-,20+,22+/m0/s1. The first-order chi connectivity index (χ1) is 15.7. The number of thiazole rings is 1. The van der Waals surface area contributed by atoms with Crippen LogP contribution in [0.1, 0.15) is 49.5 Å². The average Bonchev–Trinajstić information content (AvgIpc) is 3.47. The van der Waals surface area contributed by atoms with Gasteiger partial charge in [0.1, 0.15) is 24.4 Å². The number of ketones is 1. The Morgan fingerprint density at radius 1 is 1.03 bits per heavy atom. The number of ether oxygens (including phenoxy) is 6. The number of nitrogens with zero attached hydrogens (tertiary/aromatic N) is 1. The molecule has 3 fully saturated rings. The summed E-state index contributed by atoms with van der Waals surface area (Å²) in [4.78, 5) is 17.2. The van der Waals surface area contributed by atoms with Gasteiger partial charge in [-0.2, -0.15) is 0 Å². The summed E-state index contributed by atoms with van der Waals surface area (Å²) in [5, 5.41) is 2.23. The van der Waals surface area contributed by atoms with Gasteiger partial charge in [-0.15, -0.1) is 11.3 Å². The van der Waals surface area contributed by atoms with Crippen LogP contribution in [-0.4, -0.2) is 59.2 Å². The lowest BCUT2D eigenvalue weighted by molar-refractivity contribution is -0.258. The molecule has 0 radical (unpaired) electrons. The van der Waals surface area contributed by atoms with Crippen molar-refractivity contribution < 1.29 is 33.2 Å². The molecule has 0 unspecified atom stereocenters. The number of carbonyl (C=O) groups excluding carboxylic acids is 1. The minimum absolute atomic E-state index is 0.0969. The highest BCUT2D eigenvalue weighted by molar-refractivity contribution is 7.11. The van der Waals surface area contributed by atoms with Crippen molar-refractivity contribution in [1.29, 1.82) is 0 Å². The van der Waals surface area contributed by atoms with E-state index in [4.69, 9.17) is 28.4 Å². The number of hydrogen-bond acceptors (Lipinski definition) is 9. The van der Waals surface area contributed by atoms with Crippen molar-refractivity contribution in [2.24, 2.45) is 0 Å². The lowest BCUT2D eigenvalue weighted by Gasteiger charge is -2.40. The van der Waals surface area contributed by atoms with E-state index < -0.39 is 48.4 Å². The van der Waals surface area contributed by atoms with E-state index in [1.807, 2.05) is 58.0 Å². The van der Waals surface area contributed by atoms with Crippen LogP contribution in [-0.2, 0) is 35.0 Å². The van der Waals surface area contributed by atoms with Crippen LogP contribution >= 0.6 is 11.3 Å². The fraction of sp³-hybridized carbons (Fsp3) is 0.583. The Balaban J connectivity index is 1.42. The van der Waals surface area contributed by atoms with E-state index in [2.05, 4.69) is 4.98 Å². The molecule has 178 valence electrons. The van der Waals surface area contributed by atoms with Crippen LogP contribution in [0.5, 0.6) is 0 Å². The van der Waals surface area contributed by atoms with Crippen LogP contribution in [0.15, 0.2) is 41.9 Å². The molecule has 2 aromatic rings. The smallest absolute Gasteiger partial charge is 0.194 e. The van der Waals surface area contributed by atoms with Crippen LogP contribution in [0.2, 0.25) is 0 Å². The SMILES string of the molecule is CC1(C)O[C@@H]2[C@H](O1)[C@H]1OC(C)(C)O[C@H]1O[C@@H]2[C@H](CC(=O)c1nccs1)OCc1ccccc1. The molecule has 0 saturated carbocycles. The highest BCUT2D eigenvalue weighted by Crippen LogP contribution is 2.45. The summed E-state index contributed by atoms with van der Waals surface area (Å²) in [6.45, 7) is 7.73. The Morgan fingerprint density at radius 2 is 1.73 bits per heavy atom. The lowest BCUT2D eigenvalue weighted by atomic mass is 9.93. The lowest BCUT2D eigenvalue weighted by Crippen LogP contribution is -2.59. The summed E-state index contributed by atoms with van der Waals surface area (Å²) in [7, 11) is 0. The molecule has 5 rings (SSSR count). The second-order valence-corrected chi connectivity index (χ2v) is 10.3. The third-order valence-electron chi connectivity index (χ3n) is 5.92. The molecule has 8 nitrogen and oxygen atoms in total. The maximum Gasteiger partial charge on any atom is 0.194 e. The quantitative estimate of drug-likeness (QED) is 0.561. The van der Waals surface area contributed by atoms with E-state index in [0.717, 1.165) is 5.56 Å². The second kappa shape index (κ2) is 8.81. The Morgan fingerprint density at radius 3 is 2.45 bits per heavy atom. The fourth-order valence-corrected chi connectivity index (χ4v) is 5.21. The molecule has 33 heavy (non-hydrogen) atoms. The third kappa shape index (κ3) is 4.90.